The van der Waals surface area contributed by atoms with Gasteiger partial charge < -0.3 is 15.0 Å². The topological polar surface area (TPSA) is 63.0 Å². The van der Waals surface area contributed by atoms with Crippen LogP contribution < -0.4 is 5.32 Å². The quantitative estimate of drug-likeness (QED) is 0.879. The van der Waals surface area contributed by atoms with Crippen molar-refractivity contribution in [3.63, 3.8) is 0 Å². The molecule has 2 unspecified atom stereocenters. The Morgan fingerprint density at radius 1 is 1.45 bits per heavy atom. The van der Waals surface area contributed by atoms with Crippen molar-refractivity contribution in [2.24, 2.45) is 7.05 Å². The number of aromatic nitrogens is 3. The Morgan fingerprint density at radius 2 is 2.20 bits per heavy atom. The zero-order valence-electron chi connectivity index (χ0n) is 11.8. The summed E-state index contributed by atoms with van der Waals surface area (Å²) in [7, 11) is 1.92. The van der Waals surface area contributed by atoms with E-state index in [1.54, 1.807) is 12.4 Å². The van der Waals surface area contributed by atoms with E-state index in [0.29, 0.717) is 5.75 Å². The van der Waals surface area contributed by atoms with Crippen molar-refractivity contribution in [1.29, 1.82) is 0 Å². The molecule has 0 amide bonds. The molecule has 5 nitrogen and oxygen atoms in total. The Morgan fingerprint density at radius 3 is 2.80 bits per heavy atom. The Bertz CT molecular complexity index is 584. The molecule has 0 bridgehead atoms. The molecule has 0 saturated carbocycles. The van der Waals surface area contributed by atoms with Gasteiger partial charge in [0.15, 0.2) is 0 Å². The Kier molecular flexibility index (Phi) is 4.77. The molecule has 0 saturated heterocycles. The molecule has 0 aliphatic carbocycles. The van der Waals surface area contributed by atoms with Gasteiger partial charge in [-0.25, -0.2) is 0 Å². The summed E-state index contributed by atoms with van der Waals surface area (Å²) in [6.07, 6.45) is 2.55. The first-order valence-electron chi connectivity index (χ1n) is 6.61. The molecular formula is C14H19BrN4O. The highest BCUT2D eigenvalue weighted by atomic mass is 79.9. The van der Waals surface area contributed by atoms with Gasteiger partial charge in [0.05, 0.1) is 6.04 Å². The summed E-state index contributed by atoms with van der Waals surface area (Å²) in [5, 5.41) is 21.5. The lowest BCUT2D eigenvalue weighted by molar-refractivity contribution is 0.408. The number of phenols is 1. The van der Waals surface area contributed by atoms with E-state index in [1.807, 2.05) is 30.7 Å². The molecular weight excluding hydrogens is 320 g/mol. The molecule has 2 atom stereocenters. The van der Waals surface area contributed by atoms with Gasteiger partial charge in [0, 0.05) is 23.1 Å². The summed E-state index contributed by atoms with van der Waals surface area (Å²) in [5.41, 5.74) is 0.885. The monoisotopic (exact) mass is 338 g/mol. The molecule has 6 heteroatoms. The van der Waals surface area contributed by atoms with E-state index in [1.165, 1.54) is 0 Å². The van der Waals surface area contributed by atoms with Crippen LogP contribution in [0.4, 0.5) is 0 Å². The standard InChI is InChI=1S/C14H19BrN4O/c1-4-12(11-7-10(15)5-6-13(11)20)17-9(2)14-18-16-8-19(14)3/h5-9,12,17,20H,4H2,1-3H3. The van der Waals surface area contributed by atoms with E-state index >= 15 is 0 Å². The van der Waals surface area contributed by atoms with Crippen LogP contribution >= 0.6 is 15.9 Å². The SMILES string of the molecule is CCC(NC(C)c1nncn1C)c1cc(Br)ccc1O. The van der Waals surface area contributed by atoms with Crippen molar-refractivity contribution in [2.45, 2.75) is 32.4 Å². The minimum Gasteiger partial charge on any atom is -0.508 e. The van der Waals surface area contributed by atoms with Gasteiger partial charge in [-0.05, 0) is 31.5 Å². The van der Waals surface area contributed by atoms with Gasteiger partial charge in [0.1, 0.15) is 17.9 Å². The van der Waals surface area contributed by atoms with Crippen LogP contribution in [0.1, 0.15) is 43.7 Å². The second-order valence-electron chi connectivity index (χ2n) is 4.85. The van der Waals surface area contributed by atoms with Gasteiger partial charge in [-0.3, -0.25) is 0 Å². The van der Waals surface area contributed by atoms with Crippen molar-refractivity contribution in [2.75, 3.05) is 0 Å². The first-order valence-corrected chi connectivity index (χ1v) is 7.40. The van der Waals surface area contributed by atoms with Gasteiger partial charge in [-0.1, -0.05) is 22.9 Å². The number of hydrogen-bond acceptors (Lipinski definition) is 4. The van der Waals surface area contributed by atoms with Crippen molar-refractivity contribution in [3.8, 4) is 5.75 Å². The van der Waals surface area contributed by atoms with E-state index in [9.17, 15) is 5.11 Å². The molecule has 0 aliphatic heterocycles. The zero-order valence-corrected chi connectivity index (χ0v) is 13.4. The van der Waals surface area contributed by atoms with Crippen LogP contribution in [0.3, 0.4) is 0 Å². The summed E-state index contributed by atoms with van der Waals surface area (Å²) in [5.74, 6) is 1.18. The fourth-order valence-corrected chi connectivity index (χ4v) is 2.67. The number of rotatable bonds is 5. The molecule has 0 radical (unpaired) electrons. The van der Waals surface area contributed by atoms with Crippen LogP contribution in [0.2, 0.25) is 0 Å². The lowest BCUT2D eigenvalue weighted by Gasteiger charge is -2.23. The average molecular weight is 339 g/mol. The molecule has 1 aromatic heterocycles. The zero-order chi connectivity index (χ0) is 14.7. The molecule has 0 fully saturated rings. The first kappa shape index (κ1) is 15.0. The summed E-state index contributed by atoms with van der Waals surface area (Å²) in [4.78, 5) is 0. The average Bonchev–Trinajstić information content (AvgIpc) is 2.85. The third kappa shape index (κ3) is 3.19. The molecule has 1 aromatic carbocycles. The Hall–Kier alpha value is -1.40. The second kappa shape index (κ2) is 6.37. The van der Waals surface area contributed by atoms with Crippen LogP contribution in [0.25, 0.3) is 0 Å². The molecule has 1 heterocycles. The van der Waals surface area contributed by atoms with Gasteiger partial charge >= 0.3 is 0 Å². The van der Waals surface area contributed by atoms with Crippen LogP contribution in [0, 0.1) is 0 Å². The van der Waals surface area contributed by atoms with Gasteiger partial charge in [-0.2, -0.15) is 0 Å². The van der Waals surface area contributed by atoms with Crippen LogP contribution in [-0.2, 0) is 7.05 Å². The summed E-state index contributed by atoms with van der Waals surface area (Å²) in [6, 6.07) is 5.58. The summed E-state index contributed by atoms with van der Waals surface area (Å²) in [6.45, 7) is 4.13. The third-order valence-electron chi connectivity index (χ3n) is 3.36. The molecule has 108 valence electrons. The highest BCUT2D eigenvalue weighted by Crippen LogP contribution is 2.30. The van der Waals surface area contributed by atoms with Crippen LogP contribution in [-0.4, -0.2) is 19.9 Å². The molecule has 0 spiro atoms. The van der Waals surface area contributed by atoms with E-state index in [0.717, 1.165) is 22.3 Å². The van der Waals surface area contributed by atoms with E-state index in [4.69, 9.17) is 0 Å². The highest BCUT2D eigenvalue weighted by Gasteiger charge is 2.19. The number of nitrogens with zero attached hydrogens (tertiary/aromatic N) is 3. The molecule has 2 N–H and O–H groups in total. The molecule has 2 aromatic rings. The maximum atomic E-state index is 10.0. The number of nitrogens with one attached hydrogen (secondary N) is 1. The normalized spacial score (nSPS) is 14.2. The fourth-order valence-electron chi connectivity index (χ4n) is 2.29. The number of hydrogen-bond donors (Lipinski definition) is 2. The minimum atomic E-state index is 0.0471. The second-order valence-corrected chi connectivity index (χ2v) is 5.77. The number of aromatic hydroxyl groups is 1. The van der Waals surface area contributed by atoms with E-state index in [2.05, 4.69) is 38.4 Å². The van der Waals surface area contributed by atoms with Gasteiger partial charge in [0.2, 0.25) is 0 Å². The smallest absolute Gasteiger partial charge is 0.149 e. The maximum absolute atomic E-state index is 10.0. The maximum Gasteiger partial charge on any atom is 0.149 e. The summed E-state index contributed by atoms with van der Waals surface area (Å²) < 4.78 is 2.85. The number of phenolic OH excluding ortho intramolecular Hbond substituents is 1. The van der Waals surface area contributed by atoms with Crippen LogP contribution in [0.15, 0.2) is 29.0 Å². The number of aryl methyl sites for hydroxylation is 1. The van der Waals surface area contributed by atoms with E-state index < -0.39 is 0 Å². The lowest BCUT2D eigenvalue weighted by atomic mass is 10.0. The fraction of sp³-hybridized carbons (Fsp3) is 0.429. The predicted octanol–water partition coefficient (Wildman–Crippen LogP) is 3.09. The Balaban J connectivity index is 2.21. The van der Waals surface area contributed by atoms with Crippen molar-refractivity contribution >= 4 is 15.9 Å². The van der Waals surface area contributed by atoms with Crippen molar-refractivity contribution in [3.05, 3.63) is 40.4 Å². The molecule has 0 aliphatic rings. The van der Waals surface area contributed by atoms with Crippen LogP contribution in [0.5, 0.6) is 5.75 Å². The lowest BCUT2D eigenvalue weighted by Crippen LogP contribution is -2.26. The van der Waals surface area contributed by atoms with Crippen molar-refractivity contribution in [1.82, 2.24) is 20.1 Å². The highest BCUT2D eigenvalue weighted by molar-refractivity contribution is 9.10. The third-order valence-corrected chi connectivity index (χ3v) is 3.85. The molecule has 2 rings (SSSR count). The molecule has 20 heavy (non-hydrogen) atoms. The van der Waals surface area contributed by atoms with Gasteiger partial charge in [-0.15, -0.1) is 10.2 Å². The largest absolute Gasteiger partial charge is 0.508 e. The Labute approximate surface area is 127 Å². The summed E-state index contributed by atoms with van der Waals surface area (Å²) >= 11 is 3.45. The number of benzene rings is 1. The van der Waals surface area contributed by atoms with Crippen molar-refractivity contribution < 1.29 is 5.11 Å². The van der Waals surface area contributed by atoms with Gasteiger partial charge in [0.25, 0.3) is 0 Å². The first-order chi connectivity index (χ1) is 9.52. The number of halogens is 1. The predicted molar refractivity (Wildman–Crippen MR) is 81.4 cm³/mol. The van der Waals surface area contributed by atoms with E-state index in [-0.39, 0.29) is 12.1 Å². The minimum absolute atomic E-state index is 0.0471.